The van der Waals surface area contributed by atoms with Crippen molar-refractivity contribution in [3.05, 3.63) is 34.3 Å². The summed E-state index contributed by atoms with van der Waals surface area (Å²) in [6.07, 6.45) is 0. The Balaban J connectivity index is 2.71. The second-order valence-electron chi connectivity index (χ2n) is 3.54. The fraction of sp³-hybridized carbons (Fsp3) is 0.300. The smallest absolute Gasteiger partial charge is 0.221 e. The summed E-state index contributed by atoms with van der Waals surface area (Å²) in [5.41, 5.74) is 6.18. The first kappa shape index (κ1) is 14.6. The fourth-order valence-corrected chi connectivity index (χ4v) is 2.86. The van der Waals surface area contributed by atoms with Gasteiger partial charge in [0.2, 0.25) is 10.0 Å². The number of hydrogen-bond donors (Lipinski definition) is 2. The highest BCUT2D eigenvalue weighted by Gasteiger charge is 2.22. The monoisotopic (exact) mass is 336 g/mol. The van der Waals surface area contributed by atoms with Crippen molar-refractivity contribution < 1.29 is 8.42 Å². The Hall–Kier alpha value is -0.500. The summed E-state index contributed by atoms with van der Waals surface area (Å²) in [6, 6.07) is 7.38. The summed E-state index contributed by atoms with van der Waals surface area (Å²) in [4.78, 5) is -0.0354. The van der Waals surface area contributed by atoms with Gasteiger partial charge >= 0.3 is 0 Å². The summed E-state index contributed by atoms with van der Waals surface area (Å²) in [6.45, 7) is 1.68. The van der Waals surface area contributed by atoms with Gasteiger partial charge in [-0.15, -0.1) is 0 Å². The van der Waals surface area contributed by atoms with Crippen molar-refractivity contribution in [3.63, 3.8) is 0 Å². The Morgan fingerprint density at radius 2 is 2.24 bits per heavy atom. The van der Waals surface area contributed by atoms with Gasteiger partial charge in [-0.2, -0.15) is 0 Å². The Morgan fingerprint density at radius 1 is 1.59 bits per heavy atom. The number of sulfonamides is 1. The summed E-state index contributed by atoms with van der Waals surface area (Å²) in [5, 5.41) is -0.871. The SMILES string of the molecule is CC(C(N)=S)S(=O)(=O)NCc1cccc(Br)c1. The molecule has 0 saturated carbocycles. The third-order valence-corrected chi connectivity index (χ3v) is 4.96. The fourth-order valence-electron chi connectivity index (χ4n) is 1.11. The first-order valence-corrected chi connectivity index (χ1v) is 7.60. The first-order chi connectivity index (χ1) is 7.83. The van der Waals surface area contributed by atoms with Crippen LogP contribution < -0.4 is 10.5 Å². The number of nitrogens with one attached hydrogen (secondary N) is 1. The lowest BCUT2D eigenvalue weighted by Gasteiger charge is -2.12. The molecular formula is C10H13BrN2O2S2. The Bertz CT molecular complexity index is 517. The van der Waals surface area contributed by atoms with Gasteiger partial charge in [-0.25, -0.2) is 13.1 Å². The van der Waals surface area contributed by atoms with Crippen LogP contribution in [0.5, 0.6) is 0 Å². The number of hydrogen-bond acceptors (Lipinski definition) is 3. The molecule has 3 N–H and O–H groups in total. The maximum absolute atomic E-state index is 11.7. The van der Waals surface area contributed by atoms with E-state index in [9.17, 15) is 8.42 Å². The molecule has 0 aliphatic rings. The third-order valence-electron chi connectivity index (χ3n) is 2.23. The van der Waals surface area contributed by atoms with E-state index in [1.165, 1.54) is 6.92 Å². The molecule has 0 aromatic heterocycles. The molecule has 0 bridgehead atoms. The average molecular weight is 337 g/mol. The standard InChI is InChI=1S/C10H13BrN2O2S2/c1-7(10(12)16)17(14,15)13-6-8-3-2-4-9(11)5-8/h2-5,7,13H,6H2,1H3,(H2,12,16). The zero-order valence-corrected chi connectivity index (χ0v) is 12.4. The topological polar surface area (TPSA) is 72.2 Å². The van der Waals surface area contributed by atoms with Gasteiger partial charge in [0.15, 0.2) is 0 Å². The highest BCUT2D eigenvalue weighted by atomic mass is 79.9. The van der Waals surface area contributed by atoms with Gasteiger partial charge in [0.05, 0.1) is 4.99 Å². The number of nitrogens with two attached hydrogens (primary N) is 1. The minimum Gasteiger partial charge on any atom is -0.392 e. The van der Waals surface area contributed by atoms with Crippen LogP contribution >= 0.6 is 28.1 Å². The van der Waals surface area contributed by atoms with Gasteiger partial charge in [0, 0.05) is 11.0 Å². The van der Waals surface area contributed by atoms with Crippen LogP contribution in [0, 0.1) is 0 Å². The third kappa shape index (κ3) is 4.34. The highest BCUT2D eigenvalue weighted by Crippen LogP contribution is 2.12. The van der Waals surface area contributed by atoms with Crippen molar-refractivity contribution in [1.82, 2.24) is 4.72 Å². The van der Waals surface area contributed by atoms with Crippen LogP contribution in [0.15, 0.2) is 28.7 Å². The normalized spacial score (nSPS) is 13.3. The predicted molar refractivity (Wildman–Crippen MR) is 76.1 cm³/mol. The van der Waals surface area contributed by atoms with E-state index in [4.69, 9.17) is 5.73 Å². The van der Waals surface area contributed by atoms with E-state index in [2.05, 4.69) is 32.9 Å². The van der Waals surface area contributed by atoms with Crippen LogP contribution in [0.25, 0.3) is 0 Å². The van der Waals surface area contributed by atoms with Crippen LogP contribution in [0.4, 0.5) is 0 Å². The molecule has 0 aliphatic carbocycles. The molecule has 0 heterocycles. The molecule has 0 radical (unpaired) electrons. The van der Waals surface area contributed by atoms with E-state index in [1.54, 1.807) is 0 Å². The maximum Gasteiger partial charge on any atom is 0.221 e. The van der Waals surface area contributed by atoms with E-state index >= 15 is 0 Å². The van der Waals surface area contributed by atoms with Crippen molar-refractivity contribution >= 4 is 43.2 Å². The average Bonchev–Trinajstić information content (AvgIpc) is 2.25. The lowest BCUT2D eigenvalue weighted by molar-refractivity contribution is 0.578. The van der Waals surface area contributed by atoms with Crippen LogP contribution in [0.2, 0.25) is 0 Å². The van der Waals surface area contributed by atoms with E-state index in [0.717, 1.165) is 10.0 Å². The molecule has 0 saturated heterocycles. The largest absolute Gasteiger partial charge is 0.392 e. The van der Waals surface area contributed by atoms with Gasteiger partial charge in [-0.1, -0.05) is 40.3 Å². The summed E-state index contributed by atoms with van der Waals surface area (Å²) in [5.74, 6) is 0. The van der Waals surface area contributed by atoms with Crippen LogP contribution in [-0.4, -0.2) is 18.7 Å². The Kier molecular flexibility index (Phi) is 5.05. The molecule has 1 atom stereocenters. The zero-order chi connectivity index (χ0) is 13.1. The summed E-state index contributed by atoms with van der Waals surface area (Å²) in [7, 11) is -3.50. The van der Waals surface area contributed by atoms with E-state index < -0.39 is 15.3 Å². The molecule has 0 fully saturated rings. The molecule has 0 aliphatic heterocycles. The van der Waals surface area contributed by atoms with Gasteiger partial charge in [-0.3, -0.25) is 0 Å². The first-order valence-electron chi connectivity index (χ1n) is 4.85. The van der Waals surface area contributed by atoms with Crippen molar-refractivity contribution in [2.24, 2.45) is 5.73 Å². The van der Waals surface area contributed by atoms with E-state index in [-0.39, 0.29) is 11.5 Å². The maximum atomic E-state index is 11.7. The number of halogens is 1. The zero-order valence-electron chi connectivity index (χ0n) is 9.18. The van der Waals surface area contributed by atoms with Gasteiger partial charge in [0.1, 0.15) is 5.25 Å². The molecule has 1 unspecified atom stereocenters. The van der Waals surface area contributed by atoms with E-state index in [1.807, 2.05) is 24.3 Å². The lowest BCUT2D eigenvalue weighted by atomic mass is 10.2. The second-order valence-corrected chi connectivity index (χ2v) is 7.01. The van der Waals surface area contributed by atoms with Crippen LogP contribution in [-0.2, 0) is 16.6 Å². The number of thiocarbonyl (C=S) groups is 1. The molecule has 0 spiro atoms. The molecule has 17 heavy (non-hydrogen) atoms. The number of benzene rings is 1. The lowest BCUT2D eigenvalue weighted by Crippen LogP contribution is -2.39. The number of rotatable bonds is 5. The van der Waals surface area contributed by atoms with Crippen LogP contribution in [0.3, 0.4) is 0 Å². The molecule has 1 aromatic rings. The summed E-state index contributed by atoms with van der Waals surface area (Å²) < 4.78 is 26.8. The Morgan fingerprint density at radius 3 is 2.76 bits per heavy atom. The minimum atomic E-state index is -3.50. The molecule has 0 amide bonds. The highest BCUT2D eigenvalue weighted by molar-refractivity contribution is 9.10. The predicted octanol–water partition coefficient (Wildman–Crippen LogP) is 1.54. The molecule has 4 nitrogen and oxygen atoms in total. The Labute approximate surface area is 115 Å². The van der Waals surface area contributed by atoms with Gasteiger partial charge in [0.25, 0.3) is 0 Å². The molecule has 1 rings (SSSR count). The van der Waals surface area contributed by atoms with E-state index in [0.29, 0.717) is 0 Å². The van der Waals surface area contributed by atoms with Gasteiger partial charge < -0.3 is 5.73 Å². The van der Waals surface area contributed by atoms with Gasteiger partial charge in [-0.05, 0) is 24.6 Å². The van der Waals surface area contributed by atoms with Crippen molar-refractivity contribution in [2.45, 2.75) is 18.7 Å². The van der Waals surface area contributed by atoms with Crippen molar-refractivity contribution in [1.29, 1.82) is 0 Å². The molecule has 1 aromatic carbocycles. The van der Waals surface area contributed by atoms with Crippen molar-refractivity contribution in [3.8, 4) is 0 Å². The minimum absolute atomic E-state index is 0.0354. The summed E-state index contributed by atoms with van der Waals surface area (Å²) >= 11 is 7.99. The molecular weight excluding hydrogens is 324 g/mol. The quantitative estimate of drug-likeness (QED) is 0.800. The van der Waals surface area contributed by atoms with Crippen molar-refractivity contribution in [2.75, 3.05) is 0 Å². The van der Waals surface area contributed by atoms with Crippen LogP contribution in [0.1, 0.15) is 12.5 Å². The molecule has 94 valence electrons. The molecule has 7 heteroatoms. The second kappa shape index (κ2) is 5.90.